The third kappa shape index (κ3) is 3.91. The van der Waals surface area contributed by atoms with E-state index in [4.69, 9.17) is 9.15 Å². The Bertz CT molecular complexity index is 936. The average Bonchev–Trinajstić information content (AvgIpc) is 3.42. The van der Waals surface area contributed by atoms with E-state index >= 15 is 0 Å². The lowest BCUT2D eigenvalue weighted by Crippen LogP contribution is -2.43. The zero-order valence-corrected chi connectivity index (χ0v) is 15.2. The summed E-state index contributed by atoms with van der Waals surface area (Å²) in [5.41, 5.74) is 0.655. The van der Waals surface area contributed by atoms with Gasteiger partial charge >= 0.3 is 0 Å². The van der Waals surface area contributed by atoms with Gasteiger partial charge in [-0.2, -0.15) is 0 Å². The number of nitrogens with zero attached hydrogens (tertiary/aromatic N) is 1. The molecule has 2 aromatic carbocycles. The Morgan fingerprint density at radius 1 is 0.964 bits per heavy atom. The van der Waals surface area contributed by atoms with Crippen molar-refractivity contribution in [2.75, 3.05) is 11.9 Å². The van der Waals surface area contributed by atoms with Crippen molar-refractivity contribution in [2.24, 2.45) is 0 Å². The highest BCUT2D eigenvalue weighted by molar-refractivity contribution is 6.00. The number of furan rings is 1. The molecule has 0 spiro atoms. The number of rotatable bonds is 5. The summed E-state index contributed by atoms with van der Waals surface area (Å²) >= 11 is 0. The topological polar surface area (TPSA) is 71.8 Å². The van der Waals surface area contributed by atoms with Crippen LogP contribution in [0.4, 0.5) is 5.69 Å². The first-order chi connectivity index (χ1) is 13.7. The average molecular weight is 376 g/mol. The molecule has 1 aliphatic rings. The molecule has 2 amide bonds. The summed E-state index contributed by atoms with van der Waals surface area (Å²) in [6, 6.07) is 19.4. The van der Waals surface area contributed by atoms with Crippen LogP contribution in [0.1, 0.15) is 23.4 Å². The number of anilines is 1. The minimum Gasteiger partial charge on any atom is -0.459 e. The molecule has 1 atom stereocenters. The molecule has 142 valence electrons. The Labute approximate surface area is 162 Å². The molecule has 2 heterocycles. The van der Waals surface area contributed by atoms with Crippen LogP contribution >= 0.6 is 0 Å². The van der Waals surface area contributed by atoms with Gasteiger partial charge in [-0.05, 0) is 61.4 Å². The second kappa shape index (κ2) is 8.00. The summed E-state index contributed by atoms with van der Waals surface area (Å²) in [5, 5.41) is 2.89. The highest BCUT2D eigenvalue weighted by Gasteiger charge is 2.35. The largest absolute Gasteiger partial charge is 0.459 e. The van der Waals surface area contributed by atoms with Gasteiger partial charge in [0.1, 0.15) is 17.5 Å². The molecule has 1 fully saturated rings. The third-order valence-corrected chi connectivity index (χ3v) is 4.65. The quantitative estimate of drug-likeness (QED) is 0.720. The van der Waals surface area contributed by atoms with Crippen molar-refractivity contribution < 1.29 is 18.7 Å². The lowest BCUT2D eigenvalue weighted by Gasteiger charge is -2.23. The van der Waals surface area contributed by atoms with E-state index in [1.54, 1.807) is 41.3 Å². The molecule has 0 bridgehead atoms. The SMILES string of the molecule is O=C(Nc1ccc(Oc2ccccc2)cc1)[C@H]1CCCN1C(=O)c1ccco1. The van der Waals surface area contributed by atoms with Crippen molar-refractivity contribution in [3.05, 3.63) is 78.8 Å². The first kappa shape index (κ1) is 17.9. The number of carbonyl (C=O) groups excluding carboxylic acids is 2. The number of ether oxygens (including phenoxy) is 1. The molecule has 6 nitrogen and oxygen atoms in total. The number of hydrogen-bond acceptors (Lipinski definition) is 4. The standard InChI is InChI=1S/C22H20N2O4/c25-21(19-8-4-14-24(19)22(26)20-9-5-15-27-20)23-16-10-12-18(13-11-16)28-17-6-2-1-3-7-17/h1-3,5-7,9-13,15,19H,4,8,14H2,(H,23,25)/t19-/m1/s1. The Kier molecular flexibility index (Phi) is 5.10. The van der Waals surface area contributed by atoms with E-state index in [0.29, 0.717) is 24.4 Å². The number of likely N-dealkylation sites (tertiary alicyclic amines) is 1. The van der Waals surface area contributed by atoms with Gasteiger partial charge in [0.2, 0.25) is 5.91 Å². The fourth-order valence-electron chi connectivity index (χ4n) is 3.28. The Morgan fingerprint density at radius 2 is 1.71 bits per heavy atom. The zero-order chi connectivity index (χ0) is 19.3. The van der Waals surface area contributed by atoms with Crippen molar-refractivity contribution in [2.45, 2.75) is 18.9 Å². The van der Waals surface area contributed by atoms with Gasteiger partial charge in [0.25, 0.3) is 5.91 Å². The van der Waals surface area contributed by atoms with Gasteiger partial charge in [0.05, 0.1) is 6.26 Å². The molecule has 0 aliphatic carbocycles. The number of para-hydroxylation sites is 1. The molecule has 28 heavy (non-hydrogen) atoms. The molecule has 4 rings (SSSR count). The van der Waals surface area contributed by atoms with Gasteiger partial charge in [-0.15, -0.1) is 0 Å². The van der Waals surface area contributed by atoms with E-state index in [1.165, 1.54) is 6.26 Å². The third-order valence-electron chi connectivity index (χ3n) is 4.65. The van der Waals surface area contributed by atoms with Gasteiger partial charge in [-0.25, -0.2) is 0 Å². The number of hydrogen-bond donors (Lipinski definition) is 1. The molecule has 0 saturated carbocycles. The molecule has 3 aromatic rings. The summed E-state index contributed by atoms with van der Waals surface area (Å²) in [4.78, 5) is 26.8. The summed E-state index contributed by atoms with van der Waals surface area (Å²) in [6.45, 7) is 0.543. The maximum absolute atomic E-state index is 12.7. The van der Waals surface area contributed by atoms with Crippen molar-refractivity contribution in [3.8, 4) is 11.5 Å². The van der Waals surface area contributed by atoms with E-state index < -0.39 is 6.04 Å². The van der Waals surface area contributed by atoms with E-state index in [-0.39, 0.29) is 17.6 Å². The maximum atomic E-state index is 12.7. The lowest BCUT2D eigenvalue weighted by molar-refractivity contribution is -0.119. The maximum Gasteiger partial charge on any atom is 0.290 e. The second-order valence-corrected chi connectivity index (χ2v) is 6.56. The van der Waals surface area contributed by atoms with Crippen LogP contribution in [0, 0.1) is 0 Å². The van der Waals surface area contributed by atoms with Crippen molar-refractivity contribution >= 4 is 17.5 Å². The summed E-state index contributed by atoms with van der Waals surface area (Å²) in [6.07, 6.45) is 2.87. The van der Waals surface area contributed by atoms with Crippen LogP contribution in [0.3, 0.4) is 0 Å². The number of carbonyl (C=O) groups is 2. The van der Waals surface area contributed by atoms with Crippen LogP contribution in [0.25, 0.3) is 0 Å². The number of benzene rings is 2. The minimum absolute atomic E-state index is 0.200. The summed E-state index contributed by atoms with van der Waals surface area (Å²) in [5.74, 6) is 1.22. The molecule has 1 aliphatic heterocycles. The van der Waals surface area contributed by atoms with Gasteiger partial charge in [-0.3, -0.25) is 9.59 Å². The first-order valence-corrected chi connectivity index (χ1v) is 9.19. The van der Waals surface area contributed by atoms with Crippen LogP contribution in [0.2, 0.25) is 0 Å². The Hall–Kier alpha value is -3.54. The van der Waals surface area contributed by atoms with E-state index in [1.807, 2.05) is 30.3 Å². The van der Waals surface area contributed by atoms with E-state index in [9.17, 15) is 9.59 Å². The number of nitrogens with one attached hydrogen (secondary N) is 1. The second-order valence-electron chi connectivity index (χ2n) is 6.56. The number of amides is 2. The molecule has 0 radical (unpaired) electrons. The summed E-state index contributed by atoms with van der Waals surface area (Å²) in [7, 11) is 0. The monoisotopic (exact) mass is 376 g/mol. The van der Waals surface area contributed by atoms with E-state index in [2.05, 4.69) is 5.32 Å². The van der Waals surface area contributed by atoms with Crippen LogP contribution in [0.5, 0.6) is 11.5 Å². The van der Waals surface area contributed by atoms with Crippen LogP contribution in [0.15, 0.2) is 77.4 Å². The fourth-order valence-corrected chi connectivity index (χ4v) is 3.28. The van der Waals surface area contributed by atoms with Gasteiger partial charge in [0, 0.05) is 12.2 Å². The highest BCUT2D eigenvalue weighted by atomic mass is 16.5. The Morgan fingerprint density at radius 3 is 2.43 bits per heavy atom. The lowest BCUT2D eigenvalue weighted by atomic mass is 10.2. The predicted molar refractivity (Wildman–Crippen MR) is 104 cm³/mol. The molecule has 1 N–H and O–H groups in total. The first-order valence-electron chi connectivity index (χ1n) is 9.19. The molecule has 6 heteroatoms. The van der Waals surface area contributed by atoms with Gasteiger partial charge in [0.15, 0.2) is 5.76 Å². The van der Waals surface area contributed by atoms with Gasteiger partial charge < -0.3 is 19.4 Å². The normalized spacial score (nSPS) is 16.0. The Balaban J connectivity index is 1.39. The molecular weight excluding hydrogens is 356 g/mol. The summed E-state index contributed by atoms with van der Waals surface area (Å²) < 4.78 is 10.9. The van der Waals surface area contributed by atoms with Crippen molar-refractivity contribution in [1.82, 2.24) is 4.90 Å². The fraction of sp³-hybridized carbons (Fsp3) is 0.182. The minimum atomic E-state index is -0.502. The van der Waals surface area contributed by atoms with Crippen molar-refractivity contribution in [3.63, 3.8) is 0 Å². The van der Waals surface area contributed by atoms with Crippen LogP contribution in [-0.4, -0.2) is 29.3 Å². The van der Waals surface area contributed by atoms with Crippen LogP contribution < -0.4 is 10.1 Å². The van der Waals surface area contributed by atoms with Gasteiger partial charge in [-0.1, -0.05) is 18.2 Å². The van der Waals surface area contributed by atoms with E-state index in [0.717, 1.165) is 12.2 Å². The highest BCUT2D eigenvalue weighted by Crippen LogP contribution is 2.25. The molecule has 0 unspecified atom stereocenters. The zero-order valence-electron chi connectivity index (χ0n) is 15.2. The molecule has 1 aromatic heterocycles. The molecule has 1 saturated heterocycles. The smallest absolute Gasteiger partial charge is 0.290 e. The predicted octanol–water partition coefficient (Wildman–Crippen LogP) is 4.32. The van der Waals surface area contributed by atoms with Crippen LogP contribution in [-0.2, 0) is 4.79 Å². The van der Waals surface area contributed by atoms with Crippen molar-refractivity contribution in [1.29, 1.82) is 0 Å². The molecular formula is C22H20N2O4.